The van der Waals surface area contributed by atoms with Crippen LogP contribution in [0.2, 0.25) is 0 Å². The minimum Gasteiger partial charge on any atom is -0.361 e. The Hall–Kier alpha value is -10.6. The predicted octanol–water partition coefficient (Wildman–Crippen LogP) is 24.8. The number of ether oxygens (including phenoxy) is 4. The molecule has 21 heteroatoms. The maximum atomic E-state index is 15.2. The van der Waals surface area contributed by atoms with Gasteiger partial charge in [0.1, 0.15) is 34.8 Å². The van der Waals surface area contributed by atoms with Crippen molar-refractivity contribution in [3.63, 3.8) is 0 Å². The molecule has 9 fully saturated rings. The summed E-state index contributed by atoms with van der Waals surface area (Å²) in [5, 5.41) is 4.12. The topological polar surface area (TPSA) is 213 Å². The van der Waals surface area contributed by atoms with Crippen molar-refractivity contribution in [3.8, 4) is 67.9 Å². The van der Waals surface area contributed by atoms with Gasteiger partial charge < -0.3 is 23.5 Å². The fourth-order valence-corrected chi connectivity index (χ4v) is 25.6. The number of Topliss-reactive ketones (excluding diaryl/α,β-unsaturated/α-hetero) is 2. The zero-order valence-electron chi connectivity index (χ0n) is 77.1. The summed E-state index contributed by atoms with van der Waals surface area (Å²) in [5.41, 5.74) is 18.4. The molecule has 24 rings (SSSR count). The SMILES string of the molecule is CCC[C@@]12CCC(=O)C[C@H]1CCc1c(-c3ccccc3F)nc(-c3ccnc(C4CC4)c3)nc12.CCC[C@@]12CCC3(C[C@H]1CC/C(=C\c1ccccc1F)C2=O)OCCO3.CCC[C@@]12CCC3(C[C@H]1CCc1c(-c4ccccc4F)nc(-c4ccnc(C5CC5)c4)nc12)OCCO3.CCC[C@@]12Cc3cnoc3C[C@H]1CCc1c(-c3ccccc3F)nc(-c3ccnc(C4CC4)c3)nc12. The number of aromatic nitrogens is 10. The standard InChI is InChI=1S/C31H34FN3O2.C30H29FN4O.C29H30FN3O.C22H27FO3/c1-2-12-30-13-14-31(36-16-17-37-31)19-22(30)9-10-24-27(23-5-3-4-6-25(23)32)34-29(35-28(24)30)21-11-15-33-26(18-21)20-7-8-20;1-2-12-30-16-20-17-33-36-26(20)15-21(30)9-10-23-27(22-5-3-4-6-24(22)31)34-29(35-28(23)30)19-11-13-32-25(14-19)18-7-8-18;1-2-13-29-14-11-21(34)17-20(29)9-10-23-26(22-5-3-4-6-24(22)30)32-28(33-27(23)29)19-12-15-31-25(16-19)18-7-8-18;1-2-9-21-10-11-22(25-12-13-26-22)15-18(21)8-7-17(20(21)24)14-16-5-3-4-6-19(16)23/h3-6,11,15,18,20,22H,2,7-10,12-14,16-17,19H2,1H3;3-6,11,13-14,17-18,21H,2,7-10,12,15-16H2,1H3;3-6,12,15-16,18,20H,2,7-11,13-14,17H2,1H3;3-6,14,18H,2,7-13,15H2,1H3/b;;;17-14+/t22-,30-;21-,30-;20-,29-;18-,21-/m1111/s1. The van der Waals surface area contributed by atoms with Gasteiger partial charge in [-0.05, 0) is 255 Å². The van der Waals surface area contributed by atoms with Crippen LogP contribution in [0.3, 0.4) is 0 Å². The van der Waals surface area contributed by atoms with Crippen LogP contribution in [0.25, 0.3) is 74.0 Å². The van der Waals surface area contributed by atoms with Gasteiger partial charge in [-0.25, -0.2) is 47.5 Å². The predicted molar refractivity (Wildman–Crippen MR) is 502 cm³/mol. The third-order valence-corrected chi connectivity index (χ3v) is 32.4. The Balaban J connectivity index is 0.000000108. The average molecular weight is 1790 g/mol. The Bertz CT molecular complexity index is 6250. The van der Waals surface area contributed by atoms with Gasteiger partial charge in [-0.1, -0.05) is 113 Å². The molecule has 13 aliphatic rings. The second-order valence-corrected chi connectivity index (χ2v) is 40.4. The van der Waals surface area contributed by atoms with Crippen molar-refractivity contribution >= 4 is 17.6 Å². The Morgan fingerprint density at radius 2 is 0.789 bits per heavy atom. The molecule has 0 unspecified atom stereocenters. The van der Waals surface area contributed by atoms with Crippen LogP contribution in [-0.4, -0.2) is 99.6 Å². The molecule has 11 aliphatic carbocycles. The summed E-state index contributed by atoms with van der Waals surface area (Å²) in [6.07, 6.45) is 40.4. The van der Waals surface area contributed by atoms with E-state index in [0.717, 1.165) is 244 Å². The molecule has 4 aromatic carbocycles. The van der Waals surface area contributed by atoms with Crippen molar-refractivity contribution in [1.29, 1.82) is 0 Å². The lowest BCUT2D eigenvalue weighted by atomic mass is 9.54. The molecule has 2 aliphatic heterocycles. The van der Waals surface area contributed by atoms with Crippen LogP contribution < -0.4 is 0 Å². The minimum atomic E-state index is -0.463. The van der Waals surface area contributed by atoms with E-state index in [0.29, 0.717) is 138 Å². The molecule has 9 heterocycles. The van der Waals surface area contributed by atoms with Crippen LogP contribution in [-0.2, 0) is 76.9 Å². The fourth-order valence-electron chi connectivity index (χ4n) is 25.6. The van der Waals surface area contributed by atoms with E-state index in [2.05, 4.69) is 66.0 Å². The molecule has 11 aromatic rings. The van der Waals surface area contributed by atoms with E-state index in [1.165, 1.54) is 68.4 Å². The molecule has 0 N–H and O–H groups in total. The second kappa shape index (κ2) is 36.9. The highest BCUT2D eigenvalue weighted by Gasteiger charge is 2.59. The van der Waals surface area contributed by atoms with Crippen LogP contribution in [0.1, 0.15) is 293 Å². The highest BCUT2D eigenvalue weighted by atomic mass is 19.1. The lowest BCUT2D eigenvalue weighted by molar-refractivity contribution is -0.210. The summed E-state index contributed by atoms with van der Waals surface area (Å²) in [6.45, 7) is 11.5. The molecular formula is C112H120F4N10O7. The lowest BCUT2D eigenvalue weighted by Gasteiger charge is -2.52. The third kappa shape index (κ3) is 17.0. The number of pyridine rings is 3. The molecule has 0 radical (unpaired) electrons. The number of benzene rings is 4. The zero-order chi connectivity index (χ0) is 90.8. The summed E-state index contributed by atoms with van der Waals surface area (Å²) in [4.78, 5) is 70.8. The van der Waals surface area contributed by atoms with Crippen molar-refractivity contribution in [3.05, 3.63) is 255 Å². The maximum Gasteiger partial charge on any atom is 0.168 e. The molecule has 7 aromatic heterocycles. The molecule has 2 saturated heterocycles. The van der Waals surface area contributed by atoms with Crippen LogP contribution in [0.5, 0.6) is 0 Å². The van der Waals surface area contributed by atoms with Gasteiger partial charge in [-0.15, -0.1) is 0 Å². The van der Waals surface area contributed by atoms with E-state index in [1.54, 1.807) is 36.4 Å². The number of carbonyl (C=O) groups is 2. The number of ketones is 2. The van der Waals surface area contributed by atoms with Crippen LogP contribution >= 0.6 is 0 Å². The highest BCUT2D eigenvalue weighted by Crippen LogP contribution is 2.61. The molecule has 7 saturated carbocycles. The van der Waals surface area contributed by atoms with Crippen LogP contribution in [0, 0.1) is 52.4 Å². The summed E-state index contributed by atoms with van der Waals surface area (Å²) in [7, 11) is 0. The average Bonchev–Trinajstić information content (AvgIpc) is 0.802. The van der Waals surface area contributed by atoms with Gasteiger partial charge in [0.05, 0.1) is 66.8 Å². The van der Waals surface area contributed by atoms with Crippen LogP contribution in [0.15, 0.2) is 168 Å². The van der Waals surface area contributed by atoms with Crippen LogP contribution in [0.4, 0.5) is 17.6 Å². The molecular weight excluding hydrogens is 1670 g/mol. The second-order valence-electron chi connectivity index (χ2n) is 40.4. The number of fused-ring (bicyclic) bond motifs is 11. The Morgan fingerprint density at radius 1 is 0.398 bits per heavy atom. The van der Waals surface area contributed by atoms with Crippen molar-refractivity contribution in [2.24, 2.45) is 29.1 Å². The van der Waals surface area contributed by atoms with E-state index < -0.39 is 11.6 Å². The minimum absolute atomic E-state index is 0.0764. The maximum absolute atomic E-state index is 15.2. The van der Waals surface area contributed by atoms with Gasteiger partial charge >= 0.3 is 0 Å². The summed E-state index contributed by atoms with van der Waals surface area (Å²) in [5.74, 6) is 4.76. The normalized spacial score (nSPS) is 25.8. The first-order valence-corrected chi connectivity index (χ1v) is 49.8. The highest BCUT2D eigenvalue weighted by molar-refractivity contribution is 6.04. The van der Waals surface area contributed by atoms with Gasteiger partial charge in [0.2, 0.25) is 0 Å². The van der Waals surface area contributed by atoms with Gasteiger partial charge in [-0.2, -0.15) is 0 Å². The number of allylic oxidation sites excluding steroid dienone is 1. The molecule has 0 amide bonds. The molecule has 0 bridgehead atoms. The van der Waals surface area contributed by atoms with E-state index in [9.17, 15) is 14.0 Å². The van der Waals surface area contributed by atoms with Gasteiger partial charge in [0.25, 0.3) is 0 Å². The molecule has 8 atom stereocenters. The van der Waals surface area contributed by atoms with Crippen molar-refractivity contribution in [2.75, 3.05) is 26.4 Å². The lowest BCUT2D eigenvalue weighted by Crippen LogP contribution is -2.52. The molecule has 2 spiro atoms. The van der Waals surface area contributed by atoms with E-state index in [4.69, 9.17) is 53.4 Å². The molecule has 17 nitrogen and oxygen atoms in total. The van der Waals surface area contributed by atoms with Gasteiger partial charge in [0, 0.05) is 181 Å². The van der Waals surface area contributed by atoms with Gasteiger partial charge in [-0.3, -0.25) is 24.5 Å². The fraction of sp³-hybridized carbons (Fsp3) is 0.482. The van der Waals surface area contributed by atoms with Crippen molar-refractivity contribution < 1.29 is 50.6 Å². The Morgan fingerprint density at radius 3 is 1.24 bits per heavy atom. The Kier molecular flexibility index (Phi) is 24.7. The smallest absolute Gasteiger partial charge is 0.168 e. The summed E-state index contributed by atoms with van der Waals surface area (Å²) >= 11 is 0. The number of carbonyl (C=O) groups excluding carboxylic acids is 2. The third-order valence-electron chi connectivity index (χ3n) is 32.4. The van der Waals surface area contributed by atoms with Gasteiger partial charge in [0.15, 0.2) is 34.8 Å². The number of rotatable bonds is 18. The first-order valence-electron chi connectivity index (χ1n) is 49.8. The number of hydrogen-bond donors (Lipinski definition) is 0. The molecule has 133 heavy (non-hydrogen) atoms. The van der Waals surface area contributed by atoms with E-state index in [-0.39, 0.29) is 50.7 Å². The summed E-state index contributed by atoms with van der Waals surface area (Å²) in [6, 6.07) is 40.0. The Labute approximate surface area is 777 Å². The summed E-state index contributed by atoms with van der Waals surface area (Å²) < 4.78 is 89.4. The van der Waals surface area contributed by atoms with E-state index in [1.807, 2.05) is 85.5 Å². The largest absolute Gasteiger partial charge is 0.361 e. The van der Waals surface area contributed by atoms with Crippen molar-refractivity contribution in [1.82, 2.24) is 50.0 Å². The quantitative estimate of drug-likeness (QED) is 0.0577. The van der Waals surface area contributed by atoms with E-state index >= 15 is 13.2 Å². The monoisotopic (exact) mass is 1790 g/mol. The first-order chi connectivity index (χ1) is 64.9. The zero-order valence-corrected chi connectivity index (χ0v) is 77.1. The number of nitrogens with zero attached hydrogens (tertiary/aromatic N) is 10. The number of halogens is 4. The first kappa shape index (κ1) is 89.0. The molecule has 688 valence electrons. The van der Waals surface area contributed by atoms with Crippen molar-refractivity contribution in [2.45, 2.75) is 285 Å². The number of hydrogen-bond acceptors (Lipinski definition) is 17.